The van der Waals surface area contributed by atoms with Gasteiger partial charge in [0.25, 0.3) is 0 Å². The minimum Gasteiger partial charge on any atom is -0.391 e. The van der Waals surface area contributed by atoms with E-state index in [4.69, 9.17) is 4.74 Å². The highest BCUT2D eigenvalue weighted by molar-refractivity contribution is 5.22. The molecule has 3 atom stereocenters. The molecule has 1 aromatic rings. The third kappa shape index (κ3) is 2.21. The smallest absolute Gasteiger partial charge is 0.129 e. The molecule has 3 nitrogen and oxygen atoms in total. The van der Waals surface area contributed by atoms with Gasteiger partial charge in [0, 0.05) is 12.0 Å². The fraction of sp³-hybridized carbons (Fsp3) is 0.455. The lowest BCUT2D eigenvalue weighted by atomic mass is 9.97. The molecule has 1 aliphatic rings. The van der Waals surface area contributed by atoms with Crippen LogP contribution in [0.2, 0.25) is 0 Å². The summed E-state index contributed by atoms with van der Waals surface area (Å²) in [5.74, 6) is -1.21. The monoisotopic (exact) mass is 230 g/mol. The molecule has 0 spiro atoms. The maximum atomic E-state index is 13.4. The normalized spacial score (nSPS) is 30.4. The van der Waals surface area contributed by atoms with Gasteiger partial charge in [-0.3, -0.25) is 0 Å². The highest BCUT2D eigenvalue weighted by Crippen LogP contribution is 2.30. The van der Waals surface area contributed by atoms with Gasteiger partial charge < -0.3 is 14.9 Å². The van der Waals surface area contributed by atoms with Crippen molar-refractivity contribution in [2.75, 3.05) is 6.61 Å². The Morgan fingerprint density at radius 2 is 2.00 bits per heavy atom. The number of aliphatic hydroxyl groups excluding tert-OH is 2. The van der Waals surface area contributed by atoms with Crippen LogP contribution >= 0.6 is 0 Å². The number of ether oxygens (including phenoxy) is 1. The maximum Gasteiger partial charge on any atom is 0.129 e. The van der Waals surface area contributed by atoms with Crippen molar-refractivity contribution in [2.24, 2.45) is 0 Å². The molecule has 16 heavy (non-hydrogen) atoms. The van der Waals surface area contributed by atoms with Crippen molar-refractivity contribution in [1.29, 1.82) is 0 Å². The summed E-state index contributed by atoms with van der Waals surface area (Å²) in [6.45, 7) is 0.0116. The Balaban J connectivity index is 2.26. The van der Waals surface area contributed by atoms with Gasteiger partial charge in [-0.25, -0.2) is 8.78 Å². The average Bonchev–Trinajstić information content (AvgIpc) is 2.22. The van der Waals surface area contributed by atoms with Crippen LogP contribution in [-0.2, 0) is 4.74 Å². The first-order chi connectivity index (χ1) is 7.58. The molecule has 0 saturated carbocycles. The van der Waals surface area contributed by atoms with Crippen LogP contribution in [-0.4, -0.2) is 29.0 Å². The molecule has 1 fully saturated rings. The van der Waals surface area contributed by atoms with Crippen LogP contribution in [0.15, 0.2) is 18.2 Å². The maximum absolute atomic E-state index is 13.4. The van der Waals surface area contributed by atoms with Gasteiger partial charge in [-0.2, -0.15) is 0 Å². The molecule has 0 radical (unpaired) electrons. The zero-order chi connectivity index (χ0) is 11.7. The molecule has 1 saturated heterocycles. The molecule has 88 valence electrons. The van der Waals surface area contributed by atoms with Gasteiger partial charge in [0.2, 0.25) is 0 Å². The standard InChI is InChI=1S/C11H12F2O3/c12-6-1-2-9(13)8(3-6)11-10(15)4-7(14)5-16-11/h1-3,7,10-11,14-15H,4-5H2/t7-,10+,11+/m0/s1. The minimum atomic E-state index is -1.03. The molecule has 2 rings (SSSR count). The van der Waals surface area contributed by atoms with Crippen molar-refractivity contribution in [3.63, 3.8) is 0 Å². The number of hydrogen-bond donors (Lipinski definition) is 2. The summed E-state index contributed by atoms with van der Waals surface area (Å²) in [5, 5.41) is 18.8. The summed E-state index contributed by atoms with van der Waals surface area (Å²) < 4.78 is 31.5. The van der Waals surface area contributed by atoms with Gasteiger partial charge in [-0.15, -0.1) is 0 Å². The molecule has 0 aromatic heterocycles. The van der Waals surface area contributed by atoms with Crippen LogP contribution in [0.25, 0.3) is 0 Å². The van der Waals surface area contributed by atoms with E-state index in [0.29, 0.717) is 0 Å². The van der Waals surface area contributed by atoms with Crippen LogP contribution in [0.1, 0.15) is 18.1 Å². The average molecular weight is 230 g/mol. The molecule has 1 heterocycles. The van der Waals surface area contributed by atoms with Crippen molar-refractivity contribution < 1.29 is 23.7 Å². The summed E-state index contributed by atoms with van der Waals surface area (Å²) in [6.07, 6.45) is -2.61. The lowest BCUT2D eigenvalue weighted by Crippen LogP contribution is -2.36. The second-order valence-electron chi connectivity index (χ2n) is 3.88. The summed E-state index contributed by atoms with van der Waals surface area (Å²) in [6, 6.07) is 3.00. The van der Waals surface area contributed by atoms with Crippen molar-refractivity contribution in [1.82, 2.24) is 0 Å². The second kappa shape index (κ2) is 4.45. The second-order valence-corrected chi connectivity index (χ2v) is 3.88. The van der Waals surface area contributed by atoms with E-state index in [1.165, 1.54) is 0 Å². The zero-order valence-corrected chi connectivity index (χ0v) is 8.44. The Bertz CT molecular complexity index is 383. The Morgan fingerprint density at radius 3 is 2.69 bits per heavy atom. The van der Waals surface area contributed by atoms with E-state index >= 15 is 0 Å². The molecule has 0 unspecified atom stereocenters. The van der Waals surface area contributed by atoms with E-state index in [2.05, 4.69) is 0 Å². The number of benzene rings is 1. The third-order valence-electron chi connectivity index (χ3n) is 2.60. The first-order valence-corrected chi connectivity index (χ1v) is 5.00. The quantitative estimate of drug-likeness (QED) is 0.760. The highest BCUT2D eigenvalue weighted by Gasteiger charge is 2.32. The highest BCUT2D eigenvalue weighted by atomic mass is 19.1. The Labute approximate surface area is 91.3 Å². The molecular formula is C11H12F2O3. The Morgan fingerprint density at radius 1 is 1.25 bits per heavy atom. The Hall–Kier alpha value is -1.04. The summed E-state index contributed by atoms with van der Waals surface area (Å²) >= 11 is 0. The van der Waals surface area contributed by atoms with Gasteiger partial charge >= 0.3 is 0 Å². The van der Waals surface area contributed by atoms with E-state index in [1.54, 1.807) is 0 Å². The summed E-state index contributed by atoms with van der Waals surface area (Å²) in [7, 11) is 0. The molecule has 0 bridgehead atoms. The number of hydrogen-bond acceptors (Lipinski definition) is 3. The predicted molar refractivity (Wildman–Crippen MR) is 51.7 cm³/mol. The SMILES string of the molecule is O[C@@H]1CO[C@H](c2cc(F)ccc2F)[C@H](O)C1. The van der Waals surface area contributed by atoms with Gasteiger partial charge in [0.05, 0.1) is 18.8 Å². The molecular weight excluding hydrogens is 218 g/mol. The molecule has 2 N–H and O–H groups in total. The van der Waals surface area contributed by atoms with Crippen LogP contribution in [0, 0.1) is 11.6 Å². The third-order valence-corrected chi connectivity index (χ3v) is 2.60. The van der Waals surface area contributed by atoms with Crippen molar-refractivity contribution in [3.05, 3.63) is 35.4 Å². The first kappa shape index (κ1) is 11.4. The number of rotatable bonds is 1. The van der Waals surface area contributed by atoms with E-state index in [0.717, 1.165) is 18.2 Å². The zero-order valence-electron chi connectivity index (χ0n) is 8.44. The number of aliphatic hydroxyl groups is 2. The van der Waals surface area contributed by atoms with Crippen LogP contribution in [0.5, 0.6) is 0 Å². The van der Waals surface area contributed by atoms with Crippen LogP contribution in [0.4, 0.5) is 8.78 Å². The van der Waals surface area contributed by atoms with Gasteiger partial charge in [-0.1, -0.05) is 0 Å². The van der Waals surface area contributed by atoms with E-state index in [1.807, 2.05) is 0 Å². The molecule has 1 aliphatic heterocycles. The van der Waals surface area contributed by atoms with Crippen LogP contribution < -0.4 is 0 Å². The molecule has 0 aliphatic carbocycles. The van der Waals surface area contributed by atoms with Crippen LogP contribution in [0.3, 0.4) is 0 Å². The predicted octanol–water partition coefficient (Wildman–Crippen LogP) is 1.15. The van der Waals surface area contributed by atoms with Gasteiger partial charge in [0.1, 0.15) is 17.7 Å². The Kier molecular flexibility index (Phi) is 3.18. The van der Waals surface area contributed by atoms with E-state index in [-0.39, 0.29) is 18.6 Å². The largest absolute Gasteiger partial charge is 0.391 e. The lowest BCUT2D eigenvalue weighted by molar-refractivity contribution is -0.126. The molecule has 0 amide bonds. The molecule has 1 aromatic carbocycles. The van der Waals surface area contributed by atoms with E-state index < -0.39 is 29.9 Å². The summed E-state index contributed by atoms with van der Waals surface area (Å²) in [4.78, 5) is 0. The van der Waals surface area contributed by atoms with Crippen molar-refractivity contribution >= 4 is 0 Å². The minimum absolute atomic E-state index is 0.0116. The number of halogens is 2. The van der Waals surface area contributed by atoms with Gasteiger partial charge in [-0.05, 0) is 18.2 Å². The lowest BCUT2D eigenvalue weighted by Gasteiger charge is -2.31. The van der Waals surface area contributed by atoms with E-state index in [9.17, 15) is 19.0 Å². The summed E-state index contributed by atoms with van der Waals surface area (Å²) in [5.41, 5.74) is -0.0144. The van der Waals surface area contributed by atoms with Crippen molar-refractivity contribution in [2.45, 2.75) is 24.7 Å². The fourth-order valence-electron chi connectivity index (χ4n) is 1.83. The molecule has 5 heteroatoms. The van der Waals surface area contributed by atoms with Gasteiger partial charge in [0.15, 0.2) is 0 Å². The topological polar surface area (TPSA) is 49.7 Å². The van der Waals surface area contributed by atoms with Crippen molar-refractivity contribution in [3.8, 4) is 0 Å². The fourth-order valence-corrected chi connectivity index (χ4v) is 1.83. The first-order valence-electron chi connectivity index (χ1n) is 5.00.